The van der Waals surface area contributed by atoms with Gasteiger partial charge in [0, 0.05) is 0 Å². The summed E-state index contributed by atoms with van der Waals surface area (Å²) in [5, 5.41) is 0.0331. The predicted octanol–water partition coefficient (Wildman–Crippen LogP) is 6.06. The first kappa shape index (κ1) is 16.1. The zero-order valence-corrected chi connectivity index (χ0v) is 14.7. The third-order valence-corrected chi connectivity index (χ3v) is 5.28. The summed E-state index contributed by atoms with van der Waals surface area (Å²) < 4.78 is 0. The van der Waals surface area contributed by atoms with Crippen LogP contribution in [-0.2, 0) is 6.42 Å². The van der Waals surface area contributed by atoms with Gasteiger partial charge >= 0.3 is 0 Å². The molecule has 0 fully saturated rings. The summed E-state index contributed by atoms with van der Waals surface area (Å²) in [7, 11) is 0. The van der Waals surface area contributed by atoms with Crippen LogP contribution in [0.3, 0.4) is 0 Å². The molecule has 0 nitrogen and oxygen atoms in total. The van der Waals surface area contributed by atoms with Gasteiger partial charge in [-0.3, -0.25) is 0 Å². The molecule has 1 heteroatoms. The second kappa shape index (κ2) is 6.23. The van der Waals surface area contributed by atoms with E-state index in [2.05, 4.69) is 65.8 Å². The van der Waals surface area contributed by atoms with Gasteiger partial charge in [0.15, 0.2) is 0 Å². The Morgan fingerprint density at radius 1 is 0.714 bits per heavy atom. The molecule has 21 heavy (non-hydrogen) atoms. The maximum atomic E-state index is 6.79. The van der Waals surface area contributed by atoms with Crippen molar-refractivity contribution in [2.75, 3.05) is 0 Å². The number of aryl methyl sites for hydroxylation is 1. The maximum absolute atomic E-state index is 6.79. The molecule has 0 saturated carbocycles. The largest absolute Gasteiger partial charge is 0.117 e. The van der Waals surface area contributed by atoms with Crippen molar-refractivity contribution in [2.45, 2.75) is 53.3 Å². The minimum Gasteiger partial charge on any atom is -0.117 e. The van der Waals surface area contributed by atoms with Crippen molar-refractivity contribution in [3.63, 3.8) is 0 Å². The predicted molar refractivity (Wildman–Crippen MR) is 93.6 cm³/mol. The van der Waals surface area contributed by atoms with E-state index in [1.165, 1.54) is 44.5 Å². The van der Waals surface area contributed by atoms with Gasteiger partial charge in [0.1, 0.15) is 0 Å². The molecule has 2 rings (SSSR count). The van der Waals surface area contributed by atoms with Crippen LogP contribution in [0.1, 0.15) is 49.9 Å². The van der Waals surface area contributed by atoms with Crippen molar-refractivity contribution >= 4 is 11.6 Å². The quantitative estimate of drug-likeness (QED) is 0.604. The standard InChI is InChI=1S/C20H25Cl/c1-12-7-9-18(10-8-12)11-19(21)20-16(5)14(3)13(2)15(4)17(20)6/h7-10,19H,11H2,1-6H3. The minimum atomic E-state index is 0.0331. The summed E-state index contributed by atoms with van der Waals surface area (Å²) in [5.74, 6) is 0. The summed E-state index contributed by atoms with van der Waals surface area (Å²) in [6.07, 6.45) is 0.880. The summed E-state index contributed by atoms with van der Waals surface area (Å²) in [6, 6.07) is 8.68. The van der Waals surface area contributed by atoms with Crippen LogP contribution < -0.4 is 0 Å². The summed E-state index contributed by atoms with van der Waals surface area (Å²) in [6.45, 7) is 13.1. The molecule has 0 radical (unpaired) electrons. The topological polar surface area (TPSA) is 0 Å². The second-order valence-electron chi connectivity index (χ2n) is 6.20. The fourth-order valence-electron chi connectivity index (χ4n) is 3.03. The number of halogens is 1. The van der Waals surface area contributed by atoms with E-state index in [0.717, 1.165) is 6.42 Å². The SMILES string of the molecule is Cc1ccc(CC(Cl)c2c(C)c(C)c(C)c(C)c2C)cc1. The van der Waals surface area contributed by atoms with E-state index in [4.69, 9.17) is 11.6 Å². The molecule has 0 amide bonds. The van der Waals surface area contributed by atoms with Gasteiger partial charge in [-0.2, -0.15) is 0 Å². The van der Waals surface area contributed by atoms with Gasteiger partial charge in [0.2, 0.25) is 0 Å². The molecular formula is C20H25Cl. The molecule has 1 atom stereocenters. The van der Waals surface area contributed by atoms with E-state index in [1.807, 2.05) is 0 Å². The van der Waals surface area contributed by atoms with Crippen LogP contribution in [0.4, 0.5) is 0 Å². The van der Waals surface area contributed by atoms with E-state index < -0.39 is 0 Å². The van der Waals surface area contributed by atoms with Crippen molar-refractivity contribution < 1.29 is 0 Å². The Morgan fingerprint density at radius 2 is 1.14 bits per heavy atom. The Bertz CT molecular complexity index is 622. The van der Waals surface area contributed by atoms with Crippen molar-refractivity contribution in [3.8, 4) is 0 Å². The lowest BCUT2D eigenvalue weighted by Crippen LogP contribution is -2.07. The third kappa shape index (κ3) is 3.16. The van der Waals surface area contributed by atoms with Gasteiger partial charge in [-0.1, -0.05) is 29.8 Å². The molecule has 0 saturated heterocycles. The molecule has 2 aromatic rings. The van der Waals surface area contributed by atoms with E-state index in [-0.39, 0.29) is 5.38 Å². The van der Waals surface area contributed by atoms with E-state index in [9.17, 15) is 0 Å². The van der Waals surface area contributed by atoms with Gasteiger partial charge in [0.05, 0.1) is 5.38 Å². The second-order valence-corrected chi connectivity index (χ2v) is 6.72. The van der Waals surface area contributed by atoms with Crippen LogP contribution >= 0.6 is 11.6 Å². The summed E-state index contributed by atoms with van der Waals surface area (Å²) >= 11 is 6.79. The highest BCUT2D eigenvalue weighted by molar-refractivity contribution is 6.21. The molecule has 0 bridgehead atoms. The van der Waals surface area contributed by atoms with Crippen LogP contribution in [0, 0.1) is 41.5 Å². The van der Waals surface area contributed by atoms with Gasteiger partial charge in [-0.05, 0) is 86.9 Å². The van der Waals surface area contributed by atoms with E-state index in [0.29, 0.717) is 0 Å². The molecule has 0 spiro atoms. The highest BCUT2D eigenvalue weighted by Crippen LogP contribution is 2.35. The van der Waals surface area contributed by atoms with Crippen molar-refractivity contribution in [1.29, 1.82) is 0 Å². The maximum Gasteiger partial charge on any atom is 0.0630 e. The van der Waals surface area contributed by atoms with E-state index in [1.54, 1.807) is 0 Å². The fourth-order valence-corrected chi connectivity index (χ4v) is 3.54. The smallest absolute Gasteiger partial charge is 0.0630 e. The molecule has 0 aromatic heterocycles. The highest BCUT2D eigenvalue weighted by Gasteiger charge is 2.19. The van der Waals surface area contributed by atoms with Gasteiger partial charge in [-0.15, -0.1) is 11.6 Å². The number of hydrogen-bond acceptors (Lipinski definition) is 0. The van der Waals surface area contributed by atoms with E-state index >= 15 is 0 Å². The monoisotopic (exact) mass is 300 g/mol. The normalized spacial score (nSPS) is 12.5. The Morgan fingerprint density at radius 3 is 1.62 bits per heavy atom. The molecule has 0 heterocycles. The molecule has 2 aromatic carbocycles. The average Bonchev–Trinajstić information content (AvgIpc) is 2.46. The molecule has 0 aliphatic heterocycles. The van der Waals surface area contributed by atoms with Crippen LogP contribution in [0.15, 0.2) is 24.3 Å². The Kier molecular flexibility index (Phi) is 4.78. The molecular weight excluding hydrogens is 276 g/mol. The zero-order chi connectivity index (χ0) is 15.7. The molecule has 0 aliphatic carbocycles. The number of hydrogen-bond donors (Lipinski definition) is 0. The van der Waals surface area contributed by atoms with Crippen LogP contribution in [0.25, 0.3) is 0 Å². The van der Waals surface area contributed by atoms with Crippen molar-refractivity contribution in [3.05, 3.63) is 68.8 Å². The average molecular weight is 301 g/mol. The summed E-state index contributed by atoms with van der Waals surface area (Å²) in [5.41, 5.74) is 10.8. The number of benzene rings is 2. The first-order valence-electron chi connectivity index (χ1n) is 7.59. The Hall–Kier alpha value is -1.27. The van der Waals surface area contributed by atoms with Gasteiger partial charge in [0.25, 0.3) is 0 Å². The van der Waals surface area contributed by atoms with Crippen LogP contribution in [0.5, 0.6) is 0 Å². The lowest BCUT2D eigenvalue weighted by Gasteiger charge is -2.22. The third-order valence-electron chi connectivity index (χ3n) is 4.91. The lowest BCUT2D eigenvalue weighted by atomic mass is 9.86. The van der Waals surface area contributed by atoms with Crippen LogP contribution in [-0.4, -0.2) is 0 Å². The molecule has 1 unspecified atom stereocenters. The molecule has 0 N–H and O–H groups in total. The molecule has 112 valence electrons. The number of alkyl halides is 1. The van der Waals surface area contributed by atoms with Crippen molar-refractivity contribution in [1.82, 2.24) is 0 Å². The first-order valence-corrected chi connectivity index (χ1v) is 8.03. The summed E-state index contributed by atoms with van der Waals surface area (Å²) in [4.78, 5) is 0. The lowest BCUT2D eigenvalue weighted by molar-refractivity contribution is 0.889. The zero-order valence-electron chi connectivity index (χ0n) is 14.0. The van der Waals surface area contributed by atoms with Gasteiger partial charge < -0.3 is 0 Å². The number of rotatable bonds is 3. The van der Waals surface area contributed by atoms with Crippen LogP contribution in [0.2, 0.25) is 0 Å². The minimum absolute atomic E-state index is 0.0331. The fraction of sp³-hybridized carbons (Fsp3) is 0.400. The van der Waals surface area contributed by atoms with Gasteiger partial charge in [-0.25, -0.2) is 0 Å². The van der Waals surface area contributed by atoms with Crippen molar-refractivity contribution in [2.24, 2.45) is 0 Å². The first-order chi connectivity index (χ1) is 9.82. The highest BCUT2D eigenvalue weighted by atomic mass is 35.5. The molecule has 0 aliphatic rings. The Balaban J connectivity index is 2.39. The Labute approximate surface area is 134 Å².